The number of aliphatic hydroxyl groups is 1. The van der Waals surface area contributed by atoms with Crippen LogP contribution in [0.25, 0.3) is 0 Å². The number of aliphatic hydroxyl groups excluding tert-OH is 1. The number of hydrogen-bond donors (Lipinski definition) is 2. The van der Waals surface area contributed by atoms with Crippen LogP contribution in [0.3, 0.4) is 0 Å². The molecule has 35 heavy (non-hydrogen) atoms. The third-order valence-electron chi connectivity index (χ3n) is 5.23. The van der Waals surface area contributed by atoms with Crippen molar-refractivity contribution in [2.75, 3.05) is 47.1 Å². The molecule has 0 amide bonds. The molecule has 0 fully saturated rings. The Hall–Kier alpha value is -2.99. The molecule has 188 valence electrons. The first-order valence-electron chi connectivity index (χ1n) is 10.5. The van der Waals surface area contributed by atoms with Gasteiger partial charge in [-0.1, -0.05) is 17.7 Å². The smallest absolute Gasteiger partial charge is 0.338 e. The maximum Gasteiger partial charge on any atom is 0.338 e. The normalized spacial score (nSPS) is 15.8. The summed E-state index contributed by atoms with van der Waals surface area (Å²) < 4.78 is 52.0. The van der Waals surface area contributed by atoms with Crippen LogP contribution < -0.4 is 5.32 Å². The van der Waals surface area contributed by atoms with Crippen molar-refractivity contribution < 1.29 is 32.5 Å². The summed E-state index contributed by atoms with van der Waals surface area (Å²) in [5.41, 5.74) is 0.287. The topological polar surface area (TPSA) is 96.3 Å². The molecule has 0 radical (unpaired) electrons. The molecule has 0 bridgehead atoms. The summed E-state index contributed by atoms with van der Waals surface area (Å²) in [5, 5.41) is 12.4. The Morgan fingerprint density at radius 3 is 2.60 bits per heavy atom. The standard InChI is InChI=1S/C23H24ClF3N4O4/c1-34-8-6-31(5-7-32)12-18-19(23(33)35-2)20(15-4-3-13(25)9-16(15)24)30-22(29-18)21-17(27)10-14(26)11-28-21/h3-4,9-11,20,32H,5-8,12H2,1-2H3,(H,29,30)/t20-/m0/s1. The quantitative estimate of drug-likeness (QED) is 0.472. The second-order valence-corrected chi connectivity index (χ2v) is 7.94. The number of aliphatic imine (C=N–C) groups is 1. The molecule has 0 saturated heterocycles. The molecule has 1 aromatic carbocycles. The predicted molar refractivity (Wildman–Crippen MR) is 122 cm³/mol. The highest BCUT2D eigenvalue weighted by Gasteiger charge is 2.34. The molecule has 1 atom stereocenters. The van der Waals surface area contributed by atoms with Gasteiger partial charge in [0.25, 0.3) is 0 Å². The summed E-state index contributed by atoms with van der Waals surface area (Å²) >= 11 is 6.29. The van der Waals surface area contributed by atoms with E-state index in [4.69, 9.17) is 21.1 Å². The lowest BCUT2D eigenvalue weighted by molar-refractivity contribution is -0.136. The highest BCUT2D eigenvalue weighted by molar-refractivity contribution is 6.31. The van der Waals surface area contributed by atoms with Gasteiger partial charge in [0, 0.05) is 49.1 Å². The van der Waals surface area contributed by atoms with E-state index in [1.54, 1.807) is 4.90 Å². The van der Waals surface area contributed by atoms with Crippen molar-refractivity contribution in [3.05, 3.63) is 75.5 Å². The van der Waals surface area contributed by atoms with Crippen LogP contribution in [0, 0.1) is 17.5 Å². The van der Waals surface area contributed by atoms with Gasteiger partial charge in [0.15, 0.2) is 11.7 Å². The number of nitrogens with one attached hydrogen (secondary N) is 1. The van der Waals surface area contributed by atoms with Crippen LogP contribution in [0.2, 0.25) is 5.02 Å². The lowest BCUT2D eigenvalue weighted by Gasteiger charge is -2.31. The Balaban J connectivity index is 2.18. The monoisotopic (exact) mass is 512 g/mol. The molecule has 2 aromatic rings. The highest BCUT2D eigenvalue weighted by Crippen LogP contribution is 2.36. The van der Waals surface area contributed by atoms with Crippen LogP contribution in [-0.4, -0.2) is 73.9 Å². The molecule has 12 heteroatoms. The largest absolute Gasteiger partial charge is 0.466 e. The third kappa shape index (κ3) is 6.37. The summed E-state index contributed by atoms with van der Waals surface area (Å²) in [4.78, 5) is 22.9. The molecular weight excluding hydrogens is 489 g/mol. The second-order valence-electron chi connectivity index (χ2n) is 7.53. The Bertz CT molecular complexity index is 1150. The number of esters is 1. The molecule has 1 aliphatic rings. The van der Waals surface area contributed by atoms with Crippen molar-refractivity contribution in [2.45, 2.75) is 6.04 Å². The molecule has 8 nitrogen and oxygen atoms in total. The van der Waals surface area contributed by atoms with Crippen molar-refractivity contribution >= 4 is 23.4 Å². The minimum absolute atomic E-state index is 0.0140. The summed E-state index contributed by atoms with van der Waals surface area (Å²) in [6, 6.07) is 3.12. The zero-order chi connectivity index (χ0) is 25.5. The number of rotatable bonds is 10. The molecule has 3 rings (SSSR count). The van der Waals surface area contributed by atoms with Gasteiger partial charge in [0.2, 0.25) is 0 Å². The molecular formula is C23H24ClF3N4O4. The fourth-order valence-corrected chi connectivity index (χ4v) is 3.85. The molecule has 0 spiro atoms. The third-order valence-corrected chi connectivity index (χ3v) is 5.56. The molecule has 2 heterocycles. The Morgan fingerprint density at radius 2 is 1.97 bits per heavy atom. The average molecular weight is 513 g/mol. The number of hydrogen-bond acceptors (Lipinski definition) is 8. The number of carbonyl (C=O) groups is 1. The first kappa shape index (κ1) is 26.6. The summed E-state index contributed by atoms with van der Waals surface area (Å²) in [5.74, 6) is -3.29. The van der Waals surface area contributed by atoms with E-state index in [0.717, 1.165) is 18.3 Å². The second kappa shape index (κ2) is 12.1. The predicted octanol–water partition coefficient (Wildman–Crippen LogP) is 2.61. The summed E-state index contributed by atoms with van der Waals surface area (Å²) in [6.45, 7) is 0.871. The van der Waals surface area contributed by atoms with Crippen molar-refractivity contribution in [3.63, 3.8) is 0 Å². The number of carbonyl (C=O) groups excluding carboxylic acids is 1. The number of ether oxygens (including phenoxy) is 2. The van der Waals surface area contributed by atoms with Crippen LogP contribution in [-0.2, 0) is 14.3 Å². The zero-order valence-corrected chi connectivity index (χ0v) is 19.8. The summed E-state index contributed by atoms with van der Waals surface area (Å²) in [7, 11) is 2.71. The van der Waals surface area contributed by atoms with E-state index in [9.17, 15) is 23.1 Å². The molecule has 1 aliphatic heterocycles. The molecule has 2 N–H and O–H groups in total. The van der Waals surface area contributed by atoms with E-state index in [1.165, 1.54) is 20.3 Å². The SMILES string of the molecule is COCCN(CCO)CC1=C(C(=O)OC)[C@H](c2ccc(F)cc2Cl)N=C(c2ncc(F)cc2F)N1. The summed E-state index contributed by atoms with van der Waals surface area (Å²) in [6.07, 6.45) is 0.832. The number of methoxy groups -OCH3 is 2. The number of halogens is 4. The van der Waals surface area contributed by atoms with Gasteiger partial charge >= 0.3 is 5.97 Å². The van der Waals surface area contributed by atoms with Crippen molar-refractivity contribution in [3.8, 4) is 0 Å². The molecule has 0 aliphatic carbocycles. The maximum absolute atomic E-state index is 14.6. The lowest BCUT2D eigenvalue weighted by atomic mass is 9.95. The van der Waals surface area contributed by atoms with Crippen molar-refractivity contribution in [2.24, 2.45) is 4.99 Å². The van der Waals surface area contributed by atoms with E-state index in [0.29, 0.717) is 19.2 Å². The van der Waals surface area contributed by atoms with Crippen LogP contribution in [0.1, 0.15) is 17.3 Å². The van der Waals surface area contributed by atoms with Gasteiger partial charge in [-0.15, -0.1) is 0 Å². The van der Waals surface area contributed by atoms with E-state index < -0.39 is 29.5 Å². The Morgan fingerprint density at radius 1 is 1.20 bits per heavy atom. The number of aromatic nitrogens is 1. The number of pyridine rings is 1. The fourth-order valence-electron chi connectivity index (χ4n) is 3.58. The van der Waals surface area contributed by atoms with Gasteiger partial charge in [0.1, 0.15) is 23.4 Å². The van der Waals surface area contributed by atoms with Crippen LogP contribution in [0.4, 0.5) is 13.2 Å². The van der Waals surface area contributed by atoms with E-state index in [-0.39, 0.29) is 53.1 Å². The van der Waals surface area contributed by atoms with Gasteiger partial charge in [-0.3, -0.25) is 9.89 Å². The maximum atomic E-state index is 14.6. The van der Waals surface area contributed by atoms with Crippen molar-refractivity contribution in [1.82, 2.24) is 15.2 Å². The average Bonchev–Trinajstić information content (AvgIpc) is 2.82. The minimum Gasteiger partial charge on any atom is -0.466 e. The number of amidine groups is 1. The molecule has 1 aromatic heterocycles. The first-order valence-corrected chi connectivity index (χ1v) is 10.9. The van der Waals surface area contributed by atoms with Gasteiger partial charge < -0.3 is 19.9 Å². The minimum atomic E-state index is -1.12. The lowest BCUT2D eigenvalue weighted by Crippen LogP contribution is -2.41. The first-order chi connectivity index (χ1) is 16.8. The van der Waals surface area contributed by atoms with Crippen LogP contribution >= 0.6 is 11.6 Å². The number of benzene rings is 1. The van der Waals surface area contributed by atoms with E-state index in [2.05, 4.69) is 15.3 Å². The Labute approximate surface area is 205 Å². The number of nitrogens with zero attached hydrogens (tertiary/aromatic N) is 3. The van der Waals surface area contributed by atoms with Gasteiger partial charge in [0.05, 0.1) is 32.1 Å². The van der Waals surface area contributed by atoms with E-state index in [1.807, 2.05) is 0 Å². The van der Waals surface area contributed by atoms with Gasteiger partial charge in [-0.2, -0.15) is 0 Å². The molecule has 0 saturated carbocycles. The Kier molecular flexibility index (Phi) is 9.21. The van der Waals surface area contributed by atoms with Crippen LogP contribution in [0.5, 0.6) is 0 Å². The van der Waals surface area contributed by atoms with Crippen molar-refractivity contribution in [1.29, 1.82) is 0 Å². The van der Waals surface area contributed by atoms with Crippen LogP contribution in [0.15, 0.2) is 46.7 Å². The van der Waals surface area contributed by atoms with Gasteiger partial charge in [-0.25, -0.2) is 22.9 Å². The van der Waals surface area contributed by atoms with Gasteiger partial charge in [-0.05, 0) is 12.1 Å². The zero-order valence-electron chi connectivity index (χ0n) is 19.0. The molecule has 0 unspecified atom stereocenters. The fraction of sp³-hybridized carbons (Fsp3) is 0.348. The highest BCUT2D eigenvalue weighted by atomic mass is 35.5. The van der Waals surface area contributed by atoms with E-state index >= 15 is 0 Å².